The summed E-state index contributed by atoms with van der Waals surface area (Å²) in [5, 5.41) is 8.72. The molecule has 0 saturated carbocycles. The van der Waals surface area contributed by atoms with Crippen molar-refractivity contribution in [3.05, 3.63) is 57.8 Å². The van der Waals surface area contributed by atoms with Crippen LogP contribution in [-0.4, -0.2) is 16.6 Å². The summed E-state index contributed by atoms with van der Waals surface area (Å²) in [5.74, 6) is 1.46. The smallest absolute Gasteiger partial charge is 0.268 e. The quantitative estimate of drug-likeness (QED) is 0.832. The molecular weight excluding hydrogens is 242 g/mol. The Labute approximate surface area is 109 Å². The van der Waals surface area contributed by atoms with Crippen LogP contribution in [0, 0.1) is 11.3 Å². The summed E-state index contributed by atoms with van der Waals surface area (Å²) in [7, 11) is 0. The second-order valence-corrected chi connectivity index (χ2v) is 4.44. The lowest BCUT2D eigenvalue weighted by molar-refractivity contribution is 0.257. The van der Waals surface area contributed by atoms with Crippen LogP contribution >= 0.6 is 0 Å². The number of nitrogens with zero attached hydrogens (tertiary/aromatic N) is 2. The highest BCUT2D eigenvalue weighted by Crippen LogP contribution is 2.30. The molecule has 0 fully saturated rings. The monoisotopic (exact) mass is 253 g/mol. The second-order valence-electron chi connectivity index (χ2n) is 4.44. The molecule has 1 atom stereocenters. The Bertz CT molecular complexity index is 715. The van der Waals surface area contributed by atoms with Crippen molar-refractivity contribution in [2.45, 2.75) is 12.3 Å². The first kappa shape index (κ1) is 11.5. The summed E-state index contributed by atoms with van der Waals surface area (Å²) in [4.78, 5) is 18.4. The number of nitriles is 1. The molecule has 3 rings (SSSR count). The lowest BCUT2D eigenvalue weighted by Crippen LogP contribution is -2.24. The normalized spacial score (nSPS) is 17.1. The van der Waals surface area contributed by atoms with E-state index < -0.39 is 5.56 Å². The van der Waals surface area contributed by atoms with Crippen LogP contribution in [0.4, 0.5) is 0 Å². The molecule has 1 aromatic carbocycles. The number of benzene rings is 1. The molecule has 1 aliphatic rings. The third-order valence-corrected chi connectivity index (χ3v) is 3.21. The van der Waals surface area contributed by atoms with Crippen LogP contribution in [0.1, 0.15) is 22.9 Å². The summed E-state index contributed by atoms with van der Waals surface area (Å²) in [6.45, 7) is 0.478. The Morgan fingerprint density at radius 2 is 2.26 bits per heavy atom. The van der Waals surface area contributed by atoms with Gasteiger partial charge in [0.15, 0.2) is 0 Å². The lowest BCUT2D eigenvalue weighted by atomic mass is 9.96. The fraction of sp³-hybridized carbons (Fsp3) is 0.214. The highest BCUT2D eigenvalue weighted by atomic mass is 16.5. The van der Waals surface area contributed by atoms with Gasteiger partial charge in [-0.3, -0.25) is 4.79 Å². The van der Waals surface area contributed by atoms with Crippen molar-refractivity contribution >= 4 is 0 Å². The van der Waals surface area contributed by atoms with Gasteiger partial charge in [0, 0.05) is 0 Å². The molecule has 0 amide bonds. The van der Waals surface area contributed by atoms with Crippen molar-refractivity contribution in [3.63, 3.8) is 0 Å². The minimum Gasteiger partial charge on any atom is -0.493 e. The summed E-state index contributed by atoms with van der Waals surface area (Å²) in [6, 6.07) is 9.63. The molecule has 0 saturated heterocycles. The standard InChI is InChI=1S/C14H11N3O2/c15-6-11-7-16-13(17-14(11)18)10-5-9-3-1-2-4-12(9)19-8-10/h1-4,7,10H,5,8H2,(H,16,17,18). The van der Waals surface area contributed by atoms with Crippen molar-refractivity contribution in [3.8, 4) is 11.8 Å². The van der Waals surface area contributed by atoms with Gasteiger partial charge in [-0.1, -0.05) is 18.2 Å². The first-order chi connectivity index (χ1) is 9.28. The van der Waals surface area contributed by atoms with Gasteiger partial charge in [-0.25, -0.2) is 4.98 Å². The van der Waals surface area contributed by atoms with Gasteiger partial charge in [0.2, 0.25) is 0 Å². The molecule has 5 nitrogen and oxygen atoms in total. The molecule has 2 heterocycles. The maximum absolute atomic E-state index is 11.6. The highest BCUT2D eigenvalue weighted by Gasteiger charge is 2.23. The number of para-hydroxylation sites is 1. The Morgan fingerprint density at radius 1 is 1.42 bits per heavy atom. The van der Waals surface area contributed by atoms with Gasteiger partial charge in [0.1, 0.15) is 23.2 Å². The third kappa shape index (κ3) is 2.08. The van der Waals surface area contributed by atoms with Crippen molar-refractivity contribution < 1.29 is 4.74 Å². The van der Waals surface area contributed by atoms with Crippen LogP contribution in [0.25, 0.3) is 0 Å². The Balaban J connectivity index is 1.92. The van der Waals surface area contributed by atoms with Crippen LogP contribution in [0.15, 0.2) is 35.3 Å². The van der Waals surface area contributed by atoms with Crippen LogP contribution in [0.5, 0.6) is 5.75 Å². The van der Waals surface area contributed by atoms with Gasteiger partial charge in [-0.2, -0.15) is 5.26 Å². The molecule has 1 unspecified atom stereocenters. The zero-order chi connectivity index (χ0) is 13.2. The van der Waals surface area contributed by atoms with Crippen LogP contribution in [0.2, 0.25) is 0 Å². The van der Waals surface area contributed by atoms with Crippen LogP contribution in [-0.2, 0) is 6.42 Å². The largest absolute Gasteiger partial charge is 0.493 e. The predicted molar refractivity (Wildman–Crippen MR) is 68.0 cm³/mol. The molecule has 1 aliphatic heterocycles. The number of hydrogen-bond acceptors (Lipinski definition) is 4. The molecule has 5 heteroatoms. The fourth-order valence-corrected chi connectivity index (χ4v) is 2.20. The minimum absolute atomic E-state index is 0.00958. The molecular formula is C14H11N3O2. The van der Waals surface area contributed by atoms with E-state index >= 15 is 0 Å². The second kappa shape index (κ2) is 4.58. The fourth-order valence-electron chi connectivity index (χ4n) is 2.20. The molecule has 0 bridgehead atoms. The molecule has 1 N–H and O–H groups in total. The maximum atomic E-state index is 11.6. The van der Waals surface area contributed by atoms with E-state index in [2.05, 4.69) is 9.97 Å². The Kier molecular flexibility index (Phi) is 2.76. The van der Waals surface area contributed by atoms with E-state index in [4.69, 9.17) is 10.00 Å². The Morgan fingerprint density at radius 3 is 3.05 bits per heavy atom. The third-order valence-electron chi connectivity index (χ3n) is 3.21. The topological polar surface area (TPSA) is 78.8 Å². The summed E-state index contributed by atoms with van der Waals surface area (Å²) in [6.07, 6.45) is 2.08. The number of hydrogen-bond donors (Lipinski definition) is 1. The zero-order valence-electron chi connectivity index (χ0n) is 10.1. The van der Waals surface area contributed by atoms with Crippen molar-refractivity contribution in [1.29, 1.82) is 5.26 Å². The average molecular weight is 253 g/mol. The first-order valence-electron chi connectivity index (χ1n) is 5.98. The van der Waals surface area contributed by atoms with E-state index in [1.165, 1.54) is 6.20 Å². The number of fused-ring (bicyclic) bond motifs is 1. The van der Waals surface area contributed by atoms with Gasteiger partial charge < -0.3 is 9.72 Å². The molecule has 19 heavy (non-hydrogen) atoms. The van der Waals surface area contributed by atoms with Gasteiger partial charge in [-0.15, -0.1) is 0 Å². The van der Waals surface area contributed by atoms with E-state index in [-0.39, 0.29) is 11.5 Å². The van der Waals surface area contributed by atoms with E-state index in [1.807, 2.05) is 24.3 Å². The molecule has 0 radical (unpaired) electrons. The van der Waals surface area contributed by atoms with Gasteiger partial charge in [0.05, 0.1) is 18.7 Å². The molecule has 0 spiro atoms. The number of nitrogens with one attached hydrogen (secondary N) is 1. The number of ether oxygens (including phenoxy) is 1. The highest BCUT2D eigenvalue weighted by molar-refractivity contribution is 5.36. The summed E-state index contributed by atoms with van der Waals surface area (Å²) in [5.41, 5.74) is 0.734. The number of aromatic nitrogens is 2. The molecule has 94 valence electrons. The minimum atomic E-state index is -0.397. The lowest BCUT2D eigenvalue weighted by Gasteiger charge is -2.24. The van der Waals surface area contributed by atoms with E-state index in [1.54, 1.807) is 6.07 Å². The number of H-pyrrole nitrogens is 1. The Hall–Kier alpha value is -2.61. The van der Waals surface area contributed by atoms with E-state index in [0.717, 1.165) is 17.7 Å². The average Bonchev–Trinajstić information content (AvgIpc) is 2.46. The zero-order valence-corrected chi connectivity index (χ0v) is 10.1. The molecule has 2 aromatic rings. The van der Waals surface area contributed by atoms with E-state index in [0.29, 0.717) is 12.4 Å². The van der Waals surface area contributed by atoms with Gasteiger partial charge >= 0.3 is 0 Å². The van der Waals surface area contributed by atoms with E-state index in [9.17, 15) is 4.79 Å². The SMILES string of the molecule is N#Cc1cnc(C2COc3ccccc3C2)[nH]c1=O. The van der Waals surface area contributed by atoms with Crippen molar-refractivity contribution in [1.82, 2.24) is 9.97 Å². The first-order valence-corrected chi connectivity index (χ1v) is 5.98. The van der Waals surface area contributed by atoms with Crippen LogP contribution < -0.4 is 10.3 Å². The number of rotatable bonds is 1. The van der Waals surface area contributed by atoms with Crippen molar-refractivity contribution in [2.75, 3.05) is 6.61 Å². The van der Waals surface area contributed by atoms with Crippen molar-refractivity contribution in [2.24, 2.45) is 0 Å². The predicted octanol–water partition coefficient (Wildman–Crippen LogP) is 1.36. The van der Waals surface area contributed by atoms with Gasteiger partial charge in [-0.05, 0) is 18.1 Å². The summed E-state index contributed by atoms with van der Waals surface area (Å²) >= 11 is 0. The molecule has 0 aliphatic carbocycles. The maximum Gasteiger partial charge on any atom is 0.268 e. The number of aromatic amines is 1. The summed E-state index contributed by atoms with van der Waals surface area (Å²) < 4.78 is 5.66. The van der Waals surface area contributed by atoms with Crippen LogP contribution in [0.3, 0.4) is 0 Å². The van der Waals surface area contributed by atoms with Gasteiger partial charge in [0.25, 0.3) is 5.56 Å². The molecule has 1 aromatic heterocycles.